The molecule has 2 aromatic rings. The van der Waals surface area contributed by atoms with Gasteiger partial charge < -0.3 is 19.8 Å². The van der Waals surface area contributed by atoms with E-state index in [1.807, 2.05) is 19.1 Å². The molecule has 24 heavy (non-hydrogen) atoms. The standard InChI is InChI=1S/C17H24N4O3/c1-10(2)8-16-20-21-17(24-16)11(3)18-13-6-7-14(19-12(4)22)15(9-13)23-5/h6-7,9-11,18H,8H2,1-5H3,(H,19,22)/t11-/m1/s1. The fraction of sp³-hybridized carbons (Fsp3) is 0.471. The number of rotatable bonds is 7. The maximum Gasteiger partial charge on any atom is 0.238 e. The lowest BCUT2D eigenvalue weighted by molar-refractivity contribution is -0.114. The van der Waals surface area contributed by atoms with E-state index in [0.29, 0.717) is 29.1 Å². The highest BCUT2D eigenvalue weighted by Gasteiger charge is 2.15. The number of benzene rings is 1. The van der Waals surface area contributed by atoms with E-state index in [4.69, 9.17) is 9.15 Å². The molecule has 0 radical (unpaired) electrons. The molecule has 1 amide bonds. The molecule has 0 saturated heterocycles. The van der Waals surface area contributed by atoms with Crippen LogP contribution in [-0.2, 0) is 11.2 Å². The molecule has 0 unspecified atom stereocenters. The van der Waals surface area contributed by atoms with Crippen LogP contribution in [0.1, 0.15) is 45.5 Å². The first-order valence-corrected chi connectivity index (χ1v) is 7.93. The highest BCUT2D eigenvalue weighted by molar-refractivity contribution is 5.90. The quantitative estimate of drug-likeness (QED) is 0.807. The van der Waals surface area contributed by atoms with Gasteiger partial charge in [0.25, 0.3) is 0 Å². The predicted octanol–water partition coefficient (Wildman–Crippen LogP) is 3.41. The largest absolute Gasteiger partial charge is 0.494 e. The molecule has 1 heterocycles. The molecule has 2 N–H and O–H groups in total. The summed E-state index contributed by atoms with van der Waals surface area (Å²) in [4.78, 5) is 11.2. The number of anilines is 2. The molecule has 1 aromatic heterocycles. The Morgan fingerprint density at radius 1 is 1.29 bits per heavy atom. The van der Waals surface area contributed by atoms with Gasteiger partial charge in [0.05, 0.1) is 12.8 Å². The smallest absolute Gasteiger partial charge is 0.238 e. The molecule has 7 heteroatoms. The van der Waals surface area contributed by atoms with Gasteiger partial charge in [-0.05, 0) is 25.0 Å². The van der Waals surface area contributed by atoms with Gasteiger partial charge >= 0.3 is 0 Å². The molecule has 0 saturated carbocycles. The summed E-state index contributed by atoms with van der Waals surface area (Å²) in [7, 11) is 1.56. The van der Waals surface area contributed by atoms with Crippen LogP contribution in [0.2, 0.25) is 0 Å². The van der Waals surface area contributed by atoms with E-state index in [9.17, 15) is 4.79 Å². The van der Waals surface area contributed by atoms with Crippen molar-refractivity contribution in [2.45, 2.75) is 40.2 Å². The number of carbonyl (C=O) groups excluding carboxylic acids is 1. The Labute approximate surface area is 141 Å². The van der Waals surface area contributed by atoms with E-state index in [1.54, 1.807) is 13.2 Å². The van der Waals surface area contributed by atoms with Crippen molar-refractivity contribution in [3.63, 3.8) is 0 Å². The van der Waals surface area contributed by atoms with E-state index in [0.717, 1.165) is 12.1 Å². The zero-order valence-electron chi connectivity index (χ0n) is 14.7. The predicted molar refractivity (Wildman–Crippen MR) is 92.2 cm³/mol. The number of nitrogens with one attached hydrogen (secondary N) is 2. The average molecular weight is 332 g/mol. The van der Waals surface area contributed by atoms with E-state index in [-0.39, 0.29) is 11.9 Å². The minimum Gasteiger partial charge on any atom is -0.494 e. The third kappa shape index (κ3) is 4.71. The topological polar surface area (TPSA) is 89.3 Å². The summed E-state index contributed by atoms with van der Waals surface area (Å²) in [5, 5.41) is 14.2. The van der Waals surface area contributed by atoms with Crippen molar-refractivity contribution in [2.24, 2.45) is 5.92 Å². The highest BCUT2D eigenvalue weighted by atomic mass is 16.5. The zero-order chi connectivity index (χ0) is 17.7. The van der Waals surface area contributed by atoms with Crippen molar-refractivity contribution in [1.82, 2.24) is 10.2 Å². The van der Waals surface area contributed by atoms with Gasteiger partial charge in [0.1, 0.15) is 11.8 Å². The third-order valence-electron chi connectivity index (χ3n) is 3.33. The molecule has 2 rings (SSSR count). The van der Waals surface area contributed by atoms with Crippen LogP contribution in [0.15, 0.2) is 22.6 Å². The lowest BCUT2D eigenvalue weighted by Gasteiger charge is -2.15. The Kier molecular flexibility index (Phi) is 5.78. The average Bonchev–Trinajstić information content (AvgIpc) is 2.96. The Balaban J connectivity index is 2.09. The molecule has 0 spiro atoms. The van der Waals surface area contributed by atoms with Gasteiger partial charge in [-0.1, -0.05) is 13.8 Å². The summed E-state index contributed by atoms with van der Waals surface area (Å²) in [5.74, 6) is 2.08. The van der Waals surface area contributed by atoms with Crippen LogP contribution in [0, 0.1) is 5.92 Å². The van der Waals surface area contributed by atoms with Gasteiger partial charge in [-0.3, -0.25) is 4.79 Å². The van der Waals surface area contributed by atoms with Crippen molar-refractivity contribution in [3.8, 4) is 5.75 Å². The summed E-state index contributed by atoms with van der Waals surface area (Å²) in [6.45, 7) is 7.61. The van der Waals surface area contributed by atoms with Gasteiger partial charge in [-0.25, -0.2) is 0 Å². The van der Waals surface area contributed by atoms with Crippen LogP contribution in [-0.4, -0.2) is 23.2 Å². The number of aromatic nitrogens is 2. The monoisotopic (exact) mass is 332 g/mol. The number of hydrogen-bond donors (Lipinski definition) is 2. The van der Waals surface area contributed by atoms with Crippen LogP contribution >= 0.6 is 0 Å². The third-order valence-corrected chi connectivity index (χ3v) is 3.33. The van der Waals surface area contributed by atoms with Crippen molar-refractivity contribution < 1.29 is 13.9 Å². The van der Waals surface area contributed by atoms with Crippen molar-refractivity contribution in [1.29, 1.82) is 0 Å². The molecule has 130 valence electrons. The molecule has 0 fully saturated rings. The van der Waals surface area contributed by atoms with Crippen LogP contribution in [0.3, 0.4) is 0 Å². The summed E-state index contributed by atoms with van der Waals surface area (Å²) in [6.07, 6.45) is 0.763. The highest BCUT2D eigenvalue weighted by Crippen LogP contribution is 2.29. The second-order valence-electron chi connectivity index (χ2n) is 6.09. The maximum absolute atomic E-state index is 11.2. The molecule has 1 aromatic carbocycles. The number of amides is 1. The van der Waals surface area contributed by atoms with Gasteiger partial charge in [0.15, 0.2) is 0 Å². The maximum atomic E-state index is 11.2. The summed E-state index contributed by atoms with van der Waals surface area (Å²) < 4.78 is 11.0. The summed E-state index contributed by atoms with van der Waals surface area (Å²) in [5.41, 5.74) is 1.46. The molecule has 0 aliphatic carbocycles. The van der Waals surface area contributed by atoms with Crippen molar-refractivity contribution in [2.75, 3.05) is 17.7 Å². The Morgan fingerprint density at radius 2 is 2.04 bits per heavy atom. The molecular formula is C17H24N4O3. The number of hydrogen-bond acceptors (Lipinski definition) is 6. The lowest BCUT2D eigenvalue weighted by Crippen LogP contribution is -2.09. The Bertz CT molecular complexity index is 697. The van der Waals surface area contributed by atoms with E-state index >= 15 is 0 Å². The van der Waals surface area contributed by atoms with E-state index < -0.39 is 0 Å². The molecule has 1 atom stereocenters. The number of methoxy groups -OCH3 is 1. The summed E-state index contributed by atoms with van der Waals surface area (Å²) >= 11 is 0. The summed E-state index contributed by atoms with van der Waals surface area (Å²) in [6, 6.07) is 5.31. The van der Waals surface area contributed by atoms with Gasteiger partial charge in [-0.15, -0.1) is 10.2 Å². The molecule has 7 nitrogen and oxygen atoms in total. The van der Waals surface area contributed by atoms with Gasteiger partial charge in [-0.2, -0.15) is 0 Å². The van der Waals surface area contributed by atoms with Crippen LogP contribution in [0.4, 0.5) is 11.4 Å². The fourth-order valence-electron chi connectivity index (χ4n) is 2.26. The number of ether oxygens (including phenoxy) is 1. The van der Waals surface area contributed by atoms with Crippen LogP contribution in [0.5, 0.6) is 5.75 Å². The Hall–Kier alpha value is -2.57. The second-order valence-corrected chi connectivity index (χ2v) is 6.09. The molecule has 0 bridgehead atoms. The normalized spacial score (nSPS) is 12.1. The number of nitrogens with zero attached hydrogens (tertiary/aromatic N) is 2. The number of carbonyl (C=O) groups is 1. The first-order valence-electron chi connectivity index (χ1n) is 7.93. The second kappa shape index (κ2) is 7.81. The first-order chi connectivity index (χ1) is 11.4. The first kappa shape index (κ1) is 17.8. The van der Waals surface area contributed by atoms with Gasteiger partial charge in [0.2, 0.25) is 17.7 Å². The van der Waals surface area contributed by atoms with Crippen LogP contribution < -0.4 is 15.4 Å². The van der Waals surface area contributed by atoms with Gasteiger partial charge in [0, 0.05) is 25.1 Å². The molecular weight excluding hydrogens is 308 g/mol. The fourth-order valence-corrected chi connectivity index (χ4v) is 2.26. The minimum absolute atomic E-state index is 0.144. The lowest BCUT2D eigenvalue weighted by atomic mass is 10.1. The van der Waals surface area contributed by atoms with E-state index in [1.165, 1.54) is 6.92 Å². The van der Waals surface area contributed by atoms with Crippen molar-refractivity contribution >= 4 is 17.3 Å². The minimum atomic E-state index is -0.147. The van der Waals surface area contributed by atoms with Crippen LogP contribution in [0.25, 0.3) is 0 Å². The SMILES string of the molecule is COc1cc(N[C@H](C)c2nnc(CC(C)C)o2)ccc1NC(C)=O. The zero-order valence-corrected chi connectivity index (χ0v) is 14.7. The molecule has 0 aliphatic rings. The van der Waals surface area contributed by atoms with Crippen molar-refractivity contribution in [3.05, 3.63) is 30.0 Å². The van der Waals surface area contributed by atoms with E-state index in [2.05, 4.69) is 34.7 Å². The Morgan fingerprint density at radius 3 is 2.67 bits per heavy atom. The molecule has 0 aliphatic heterocycles.